The van der Waals surface area contributed by atoms with Crippen molar-refractivity contribution in [2.75, 3.05) is 13.2 Å². The molecular formula is C28H56O3. The maximum Gasteiger partial charge on any atom is 0.330 e. The summed E-state index contributed by atoms with van der Waals surface area (Å²) in [5, 5.41) is 7.89. The van der Waals surface area contributed by atoms with Gasteiger partial charge in [0.2, 0.25) is 0 Å². The molecule has 0 spiro atoms. The molecule has 0 saturated heterocycles. The molecule has 3 heteroatoms. The van der Waals surface area contributed by atoms with E-state index in [1.165, 1.54) is 135 Å². The molecule has 0 aromatic heterocycles. The van der Waals surface area contributed by atoms with Crippen molar-refractivity contribution in [3.05, 3.63) is 12.2 Å². The summed E-state index contributed by atoms with van der Waals surface area (Å²) in [6.07, 6.45) is 28.2. The van der Waals surface area contributed by atoms with Crippen molar-refractivity contribution in [1.29, 1.82) is 0 Å². The summed E-state index contributed by atoms with van der Waals surface area (Å²) in [4.78, 5) is 9.60. The van der Waals surface area contributed by atoms with Crippen molar-refractivity contribution in [2.24, 2.45) is 0 Å². The van der Waals surface area contributed by atoms with Gasteiger partial charge in [0, 0.05) is 18.8 Å². The van der Waals surface area contributed by atoms with Crippen molar-refractivity contribution in [3.63, 3.8) is 0 Å². The molecule has 0 aromatic carbocycles. The topological polar surface area (TPSA) is 46.5 Å². The van der Waals surface area contributed by atoms with Crippen molar-refractivity contribution in [1.82, 2.24) is 0 Å². The van der Waals surface area contributed by atoms with Crippen molar-refractivity contribution < 1.29 is 14.6 Å². The summed E-state index contributed by atoms with van der Waals surface area (Å²) in [5.41, 5.74) is 0.176. The molecule has 0 amide bonds. The minimum atomic E-state index is -0.935. The fourth-order valence-corrected chi connectivity index (χ4v) is 3.49. The fourth-order valence-electron chi connectivity index (χ4n) is 3.49. The number of ether oxygens (including phenoxy) is 1. The van der Waals surface area contributed by atoms with Gasteiger partial charge in [0.05, 0.1) is 0 Å². The van der Waals surface area contributed by atoms with Gasteiger partial charge in [0.1, 0.15) is 0 Å². The summed E-state index contributed by atoms with van der Waals surface area (Å²) in [6, 6.07) is 0. The molecular weight excluding hydrogens is 384 g/mol. The summed E-state index contributed by atoms with van der Waals surface area (Å²) in [7, 11) is 0. The van der Waals surface area contributed by atoms with Crippen LogP contribution in [0.1, 0.15) is 149 Å². The fraction of sp³-hybridized carbons (Fsp3) is 0.893. The Labute approximate surface area is 195 Å². The number of hydrogen-bond donors (Lipinski definition) is 1. The summed E-state index contributed by atoms with van der Waals surface area (Å²) >= 11 is 0. The number of unbranched alkanes of at least 4 members (excludes halogenated alkanes) is 18. The molecule has 0 fully saturated rings. The lowest BCUT2D eigenvalue weighted by atomic mass is 10.1. The van der Waals surface area contributed by atoms with Gasteiger partial charge >= 0.3 is 5.97 Å². The summed E-state index contributed by atoms with van der Waals surface area (Å²) < 4.78 is 5.78. The van der Waals surface area contributed by atoms with Crippen LogP contribution in [0.5, 0.6) is 0 Å². The van der Waals surface area contributed by atoms with Gasteiger partial charge in [-0.05, 0) is 19.8 Å². The summed E-state index contributed by atoms with van der Waals surface area (Å²) in [6.45, 7) is 11.2. The van der Waals surface area contributed by atoms with Crippen LogP contribution >= 0.6 is 0 Å². The third-order valence-electron chi connectivity index (χ3n) is 5.65. The second-order valence-electron chi connectivity index (χ2n) is 9.06. The average Bonchev–Trinajstić information content (AvgIpc) is 2.75. The molecule has 1 N–H and O–H groups in total. The molecule has 0 aromatic rings. The maximum absolute atomic E-state index is 9.60. The Kier molecular flexibility index (Phi) is 30.4. The highest BCUT2D eigenvalue weighted by Gasteiger charge is 1.95. The second-order valence-corrected chi connectivity index (χ2v) is 9.06. The molecule has 186 valence electrons. The molecule has 31 heavy (non-hydrogen) atoms. The highest BCUT2D eigenvalue weighted by atomic mass is 16.5. The first kappa shape index (κ1) is 32.4. The van der Waals surface area contributed by atoms with Crippen LogP contribution in [-0.4, -0.2) is 24.3 Å². The predicted octanol–water partition coefficient (Wildman–Crippen LogP) is 9.49. The molecule has 0 radical (unpaired) electrons. The Morgan fingerprint density at radius 2 is 0.806 bits per heavy atom. The van der Waals surface area contributed by atoms with Crippen LogP contribution in [0.15, 0.2) is 12.2 Å². The zero-order valence-corrected chi connectivity index (χ0v) is 21.5. The lowest BCUT2D eigenvalue weighted by Crippen LogP contribution is -1.97. The Morgan fingerprint density at radius 3 is 1.03 bits per heavy atom. The number of carboxylic acid groups (broad SMARTS) is 1. The number of aliphatic carboxylic acids is 1. The van der Waals surface area contributed by atoms with E-state index in [0.29, 0.717) is 0 Å². The van der Waals surface area contributed by atoms with Crippen LogP contribution in [0, 0.1) is 0 Å². The second kappa shape index (κ2) is 29.2. The molecule has 0 saturated carbocycles. The highest BCUT2D eigenvalue weighted by Crippen LogP contribution is 2.12. The molecule has 0 unspecified atom stereocenters. The van der Waals surface area contributed by atoms with Crippen LogP contribution in [0.4, 0.5) is 0 Å². The van der Waals surface area contributed by atoms with Gasteiger partial charge in [0.25, 0.3) is 0 Å². The molecule has 0 rings (SSSR count). The summed E-state index contributed by atoms with van der Waals surface area (Å²) in [5.74, 6) is -0.935. The number of hydrogen-bond acceptors (Lipinski definition) is 2. The number of rotatable bonds is 23. The van der Waals surface area contributed by atoms with Crippen molar-refractivity contribution in [3.8, 4) is 0 Å². The van der Waals surface area contributed by atoms with E-state index in [4.69, 9.17) is 9.84 Å². The standard InChI is InChI=1S/C24H50O.C4H6O2/c1-3-5-7-9-11-13-15-17-19-21-23-25-24-22-20-18-16-14-12-10-8-6-4-2;1-3(2)4(5)6/h3-24H2,1-2H3;1H2,2H3,(H,5,6). The molecule has 0 bridgehead atoms. The van der Waals surface area contributed by atoms with Gasteiger partial charge in [0.15, 0.2) is 0 Å². The smallest absolute Gasteiger partial charge is 0.330 e. The first-order valence-corrected chi connectivity index (χ1v) is 13.5. The minimum absolute atomic E-state index is 0.176. The Hall–Kier alpha value is -0.830. The van der Waals surface area contributed by atoms with Gasteiger partial charge < -0.3 is 9.84 Å². The Bertz CT molecular complexity index is 331. The van der Waals surface area contributed by atoms with E-state index in [1.807, 2.05) is 0 Å². The van der Waals surface area contributed by atoms with E-state index in [1.54, 1.807) is 0 Å². The van der Waals surface area contributed by atoms with Crippen LogP contribution in [0.2, 0.25) is 0 Å². The monoisotopic (exact) mass is 440 g/mol. The van der Waals surface area contributed by atoms with Crippen LogP contribution in [0.25, 0.3) is 0 Å². The van der Waals surface area contributed by atoms with Crippen LogP contribution in [0.3, 0.4) is 0 Å². The molecule has 3 nitrogen and oxygen atoms in total. The van der Waals surface area contributed by atoms with Gasteiger partial charge in [-0.3, -0.25) is 0 Å². The van der Waals surface area contributed by atoms with Gasteiger partial charge in [-0.1, -0.05) is 136 Å². The zero-order chi connectivity index (χ0) is 23.4. The van der Waals surface area contributed by atoms with Crippen molar-refractivity contribution in [2.45, 2.75) is 149 Å². The molecule has 0 aliphatic heterocycles. The quantitative estimate of drug-likeness (QED) is 0.127. The SMILES string of the molecule is C=C(C)C(=O)O.CCCCCCCCCCCCOCCCCCCCCCCCC. The Balaban J connectivity index is 0. The van der Waals surface area contributed by atoms with E-state index in [2.05, 4.69) is 20.4 Å². The molecule has 0 aliphatic carbocycles. The predicted molar refractivity (Wildman–Crippen MR) is 137 cm³/mol. The van der Waals surface area contributed by atoms with Crippen LogP contribution in [-0.2, 0) is 9.53 Å². The van der Waals surface area contributed by atoms with E-state index < -0.39 is 5.97 Å². The normalized spacial score (nSPS) is 10.5. The maximum atomic E-state index is 9.60. The third-order valence-corrected chi connectivity index (χ3v) is 5.65. The largest absolute Gasteiger partial charge is 0.478 e. The van der Waals surface area contributed by atoms with E-state index in [0.717, 1.165) is 13.2 Å². The van der Waals surface area contributed by atoms with Gasteiger partial charge in [-0.2, -0.15) is 0 Å². The molecule has 0 atom stereocenters. The van der Waals surface area contributed by atoms with Gasteiger partial charge in [-0.15, -0.1) is 0 Å². The van der Waals surface area contributed by atoms with E-state index in [-0.39, 0.29) is 5.57 Å². The van der Waals surface area contributed by atoms with Gasteiger partial charge in [-0.25, -0.2) is 4.79 Å². The van der Waals surface area contributed by atoms with Crippen molar-refractivity contribution >= 4 is 5.97 Å². The van der Waals surface area contributed by atoms with Crippen LogP contribution < -0.4 is 0 Å². The lowest BCUT2D eigenvalue weighted by Gasteiger charge is -2.05. The lowest BCUT2D eigenvalue weighted by molar-refractivity contribution is -0.132. The average molecular weight is 441 g/mol. The Morgan fingerprint density at radius 1 is 0.581 bits per heavy atom. The third kappa shape index (κ3) is 34.0. The number of carboxylic acids is 1. The molecule has 0 aliphatic rings. The highest BCUT2D eigenvalue weighted by molar-refractivity contribution is 5.84. The zero-order valence-electron chi connectivity index (χ0n) is 21.5. The molecule has 0 heterocycles. The number of carbonyl (C=O) groups is 1. The van der Waals surface area contributed by atoms with E-state index in [9.17, 15) is 4.79 Å². The first-order chi connectivity index (χ1) is 15.1. The minimum Gasteiger partial charge on any atom is -0.478 e. The first-order valence-electron chi connectivity index (χ1n) is 13.5. The van der Waals surface area contributed by atoms with E-state index >= 15 is 0 Å².